The third kappa shape index (κ3) is 9.08. The molecule has 0 amide bonds. The van der Waals surface area contributed by atoms with Gasteiger partial charge in [0, 0.05) is 13.2 Å². The molecule has 0 aliphatic carbocycles. The van der Waals surface area contributed by atoms with Crippen molar-refractivity contribution < 1.29 is 23.4 Å². The van der Waals surface area contributed by atoms with E-state index in [-0.39, 0.29) is 19.1 Å². The van der Waals surface area contributed by atoms with Crippen LogP contribution in [0.1, 0.15) is 32.6 Å². The Morgan fingerprint density at radius 1 is 1.35 bits per heavy atom. The number of carbonyl (C=O) groups is 1. The zero-order valence-electron chi connectivity index (χ0n) is 10.1. The van der Waals surface area contributed by atoms with Crippen molar-refractivity contribution in [1.82, 2.24) is 4.72 Å². The first-order valence-corrected chi connectivity index (χ1v) is 7.36. The average molecular weight is 267 g/mol. The van der Waals surface area contributed by atoms with Gasteiger partial charge in [-0.05, 0) is 18.8 Å². The molecule has 0 spiro atoms. The van der Waals surface area contributed by atoms with Crippen LogP contribution in [-0.2, 0) is 14.8 Å². The molecule has 102 valence electrons. The summed E-state index contributed by atoms with van der Waals surface area (Å²) < 4.78 is 25.2. The van der Waals surface area contributed by atoms with E-state index < -0.39 is 28.2 Å². The molecular weight excluding hydrogens is 246 g/mol. The predicted molar refractivity (Wildman–Crippen MR) is 64.1 cm³/mol. The largest absolute Gasteiger partial charge is 0.481 e. The second-order valence-corrected chi connectivity index (χ2v) is 5.90. The van der Waals surface area contributed by atoms with Crippen LogP contribution in [0.25, 0.3) is 0 Å². The van der Waals surface area contributed by atoms with Crippen molar-refractivity contribution in [2.45, 2.75) is 32.6 Å². The number of nitrogens with one attached hydrogen (secondary N) is 1. The van der Waals surface area contributed by atoms with Crippen molar-refractivity contribution in [2.75, 3.05) is 18.9 Å². The Labute approximate surface area is 102 Å². The molecule has 7 heteroatoms. The van der Waals surface area contributed by atoms with E-state index in [1.807, 2.05) is 6.92 Å². The third-order valence-corrected chi connectivity index (χ3v) is 3.76. The molecule has 0 aliphatic heterocycles. The van der Waals surface area contributed by atoms with E-state index in [0.717, 1.165) is 12.8 Å². The molecule has 17 heavy (non-hydrogen) atoms. The number of rotatable bonds is 10. The van der Waals surface area contributed by atoms with Crippen LogP contribution in [0.3, 0.4) is 0 Å². The first kappa shape index (κ1) is 16.3. The van der Waals surface area contributed by atoms with Crippen molar-refractivity contribution in [3.63, 3.8) is 0 Å². The van der Waals surface area contributed by atoms with Gasteiger partial charge < -0.3 is 10.2 Å². The summed E-state index contributed by atoms with van der Waals surface area (Å²) in [6, 6.07) is 0. The van der Waals surface area contributed by atoms with Gasteiger partial charge in [0.1, 0.15) is 0 Å². The molecule has 0 aromatic heterocycles. The van der Waals surface area contributed by atoms with Crippen LogP contribution in [0, 0.1) is 5.92 Å². The van der Waals surface area contributed by atoms with E-state index in [9.17, 15) is 13.2 Å². The third-order valence-electron chi connectivity index (χ3n) is 2.41. The van der Waals surface area contributed by atoms with Gasteiger partial charge in [-0.3, -0.25) is 4.79 Å². The fourth-order valence-electron chi connectivity index (χ4n) is 1.48. The SMILES string of the molecule is CCCC(CCO)CNS(=O)(=O)CCC(=O)O. The van der Waals surface area contributed by atoms with Crippen molar-refractivity contribution in [2.24, 2.45) is 5.92 Å². The van der Waals surface area contributed by atoms with Crippen LogP contribution in [0.2, 0.25) is 0 Å². The van der Waals surface area contributed by atoms with Crippen LogP contribution in [0.15, 0.2) is 0 Å². The van der Waals surface area contributed by atoms with Crippen LogP contribution >= 0.6 is 0 Å². The Morgan fingerprint density at radius 2 is 2.00 bits per heavy atom. The Morgan fingerprint density at radius 3 is 2.47 bits per heavy atom. The molecular formula is C10H21NO5S. The first-order chi connectivity index (χ1) is 7.91. The van der Waals surface area contributed by atoms with Gasteiger partial charge in [0.15, 0.2) is 0 Å². The van der Waals surface area contributed by atoms with Gasteiger partial charge >= 0.3 is 5.97 Å². The van der Waals surface area contributed by atoms with Gasteiger partial charge in [-0.25, -0.2) is 13.1 Å². The normalized spacial score (nSPS) is 13.5. The van der Waals surface area contributed by atoms with Crippen LogP contribution in [0.5, 0.6) is 0 Å². The lowest BCUT2D eigenvalue weighted by atomic mass is 10.0. The zero-order chi connectivity index (χ0) is 13.3. The highest BCUT2D eigenvalue weighted by atomic mass is 32.2. The summed E-state index contributed by atoms with van der Waals surface area (Å²) in [5.74, 6) is -1.43. The molecule has 0 aliphatic rings. The summed E-state index contributed by atoms with van der Waals surface area (Å²) in [7, 11) is -3.52. The molecule has 1 unspecified atom stereocenters. The second kappa shape index (κ2) is 8.43. The van der Waals surface area contributed by atoms with E-state index >= 15 is 0 Å². The summed E-state index contributed by atoms with van der Waals surface area (Å²) in [5, 5.41) is 17.2. The summed E-state index contributed by atoms with van der Waals surface area (Å²) in [6.45, 7) is 2.28. The molecule has 3 N–H and O–H groups in total. The number of sulfonamides is 1. The average Bonchev–Trinajstić information content (AvgIpc) is 2.24. The summed E-state index contributed by atoms with van der Waals surface area (Å²) >= 11 is 0. The van der Waals surface area contributed by atoms with Crippen LogP contribution in [-0.4, -0.2) is 43.5 Å². The number of aliphatic carboxylic acids is 1. The minimum absolute atomic E-state index is 0.0293. The second-order valence-electron chi connectivity index (χ2n) is 3.98. The van der Waals surface area contributed by atoms with E-state index in [1.165, 1.54) is 0 Å². The number of hydrogen-bond acceptors (Lipinski definition) is 4. The highest BCUT2D eigenvalue weighted by Crippen LogP contribution is 2.09. The predicted octanol–water partition coefficient (Wildman–Crippen LogP) is 0.179. The summed E-state index contributed by atoms with van der Waals surface area (Å²) in [6.07, 6.45) is 1.91. The molecule has 0 saturated carbocycles. The van der Waals surface area contributed by atoms with E-state index in [1.54, 1.807) is 0 Å². The Kier molecular flexibility index (Phi) is 8.11. The van der Waals surface area contributed by atoms with Gasteiger partial charge in [-0.2, -0.15) is 0 Å². The smallest absolute Gasteiger partial charge is 0.304 e. The molecule has 0 aromatic carbocycles. The van der Waals surface area contributed by atoms with Gasteiger partial charge in [0.25, 0.3) is 0 Å². The van der Waals surface area contributed by atoms with Crippen molar-refractivity contribution in [3.05, 3.63) is 0 Å². The van der Waals surface area contributed by atoms with Crippen LogP contribution in [0.4, 0.5) is 0 Å². The minimum atomic E-state index is -3.52. The zero-order valence-corrected chi connectivity index (χ0v) is 10.9. The number of aliphatic hydroxyl groups is 1. The molecule has 6 nitrogen and oxygen atoms in total. The molecule has 0 radical (unpaired) electrons. The molecule has 0 saturated heterocycles. The van der Waals surface area contributed by atoms with Crippen molar-refractivity contribution >= 4 is 16.0 Å². The Bertz CT molecular complexity index is 309. The molecule has 0 heterocycles. The van der Waals surface area contributed by atoms with Crippen LogP contribution < -0.4 is 4.72 Å². The fraction of sp³-hybridized carbons (Fsp3) is 0.900. The lowest BCUT2D eigenvalue weighted by Crippen LogP contribution is -2.32. The van der Waals surface area contributed by atoms with E-state index in [2.05, 4.69) is 4.72 Å². The summed E-state index contributed by atoms with van der Waals surface area (Å²) in [4.78, 5) is 10.3. The molecule has 0 rings (SSSR count). The first-order valence-electron chi connectivity index (χ1n) is 5.71. The van der Waals surface area contributed by atoms with Gasteiger partial charge in [0.2, 0.25) is 10.0 Å². The van der Waals surface area contributed by atoms with Crippen molar-refractivity contribution in [3.8, 4) is 0 Å². The van der Waals surface area contributed by atoms with E-state index in [0.29, 0.717) is 6.42 Å². The molecule has 1 atom stereocenters. The fourth-order valence-corrected chi connectivity index (χ4v) is 2.56. The molecule has 0 fully saturated rings. The number of carboxylic acid groups (broad SMARTS) is 1. The Hall–Kier alpha value is -0.660. The number of aliphatic hydroxyl groups excluding tert-OH is 1. The number of hydrogen-bond donors (Lipinski definition) is 3. The van der Waals surface area contributed by atoms with Gasteiger partial charge in [-0.1, -0.05) is 13.3 Å². The highest BCUT2D eigenvalue weighted by Gasteiger charge is 2.15. The molecule has 0 bridgehead atoms. The maximum absolute atomic E-state index is 11.4. The highest BCUT2D eigenvalue weighted by molar-refractivity contribution is 7.89. The minimum Gasteiger partial charge on any atom is -0.481 e. The van der Waals surface area contributed by atoms with E-state index in [4.69, 9.17) is 10.2 Å². The van der Waals surface area contributed by atoms with Gasteiger partial charge in [-0.15, -0.1) is 0 Å². The maximum Gasteiger partial charge on any atom is 0.304 e. The maximum atomic E-state index is 11.4. The lowest BCUT2D eigenvalue weighted by Gasteiger charge is -2.15. The number of carboxylic acids is 1. The monoisotopic (exact) mass is 267 g/mol. The summed E-state index contributed by atoms with van der Waals surface area (Å²) in [5.41, 5.74) is 0. The molecule has 0 aromatic rings. The topological polar surface area (TPSA) is 104 Å². The standard InChI is InChI=1S/C10H21NO5S/c1-2-3-9(4-6-12)8-11-17(15,16)7-5-10(13)14/h9,11-12H,2-8H2,1H3,(H,13,14). The quantitative estimate of drug-likeness (QED) is 0.524. The lowest BCUT2D eigenvalue weighted by molar-refractivity contribution is -0.136. The van der Waals surface area contributed by atoms with Gasteiger partial charge in [0.05, 0.1) is 12.2 Å². The van der Waals surface area contributed by atoms with Crippen molar-refractivity contribution in [1.29, 1.82) is 0 Å². The Balaban J connectivity index is 4.08.